The molecule has 1 aromatic heterocycles. The molecule has 1 aliphatic heterocycles. The minimum Gasteiger partial charge on any atom is -0.443 e. The molecule has 1 fully saturated rings. The van der Waals surface area contributed by atoms with E-state index in [2.05, 4.69) is 16.9 Å². The van der Waals surface area contributed by atoms with Crippen molar-refractivity contribution in [3.63, 3.8) is 0 Å². The Balaban J connectivity index is 1.95. The number of nitrogens with zero attached hydrogens (tertiary/aromatic N) is 2. The van der Waals surface area contributed by atoms with Gasteiger partial charge in [0.1, 0.15) is 12.4 Å². The van der Waals surface area contributed by atoms with Gasteiger partial charge in [-0.05, 0) is 26.4 Å². The highest BCUT2D eigenvalue weighted by Crippen LogP contribution is 2.18. The molecule has 0 spiro atoms. The number of rotatable bonds is 3. The third kappa shape index (κ3) is 2.58. The van der Waals surface area contributed by atoms with Crippen molar-refractivity contribution in [2.24, 2.45) is 0 Å². The molecule has 1 atom stereocenters. The number of oxazole rings is 1. The molecule has 1 unspecified atom stereocenters. The van der Waals surface area contributed by atoms with E-state index in [9.17, 15) is 0 Å². The Hall–Kier alpha value is -0.870. The first kappa shape index (κ1) is 10.6. The Kier molecular flexibility index (Phi) is 3.38. The van der Waals surface area contributed by atoms with Crippen LogP contribution < -0.4 is 0 Å². The summed E-state index contributed by atoms with van der Waals surface area (Å²) in [6, 6.07) is 0.545. The van der Waals surface area contributed by atoms with E-state index >= 15 is 0 Å². The van der Waals surface area contributed by atoms with Crippen LogP contribution in [0.4, 0.5) is 0 Å². The molecule has 0 aliphatic carbocycles. The maximum absolute atomic E-state index is 8.86. The van der Waals surface area contributed by atoms with Crippen molar-refractivity contribution in [2.45, 2.75) is 38.3 Å². The maximum Gasteiger partial charge on any atom is 0.196 e. The minimum absolute atomic E-state index is 0.0620. The van der Waals surface area contributed by atoms with E-state index in [-0.39, 0.29) is 6.61 Å². The van der Waals surface area contributed by atoms with E-state index in [4.69, 9.17) is 9.52 Å². The smallest absolute Gasteiger partial charge is 0.196 e. The van der Waals surface area contributed by atoms with Gasteiger partial charge in [0, 0.05) is 12.5 Å². The molecule has 15 heavy (non-hydrogen) atoms. The summed E-state index contributed by atoms with van der Waals surface area (Å²) in [6.07, 6.45) is 6.27. The lowest BCUT2D eigenvalue weighted by atomic mass is 10.0. The number of aliphatic hydroxyl groups is 1. The van der Waals surface area contributed by atoms with Crippen molar-refractivity contribution < 1.29 is 9.52 Å². The molecule has 0 amide bonds. The van der Waals surface area contributed by atoms with Crippen molar-refractivity contribution >= 4 is 0 Å². The second kappa shape index (κ2) is 4.77. The van der Waals surface area contributed by atoms with Gasteiger partial charge in [0.05, 0.1) is 6.20 Å². The van der Waals surface area contributed by atoms with Crippen molar-refractivity contribution in [3.05, 3.63) is 17.8 Å². The zero-order chi connectivity index (χ0) is 10.7. The Morgan fingerprint density at radius 1 is 1.60 bits per heavy atom. The summed E-state index contributed by atoms with van der Waals surface area (Å²) in [5, 5.41) is 8.86. The van der Waals surface area contributed by atoms with Crippen molar-refractivity contribution in [2.75, 3.05) is 13.6 Å². The topological polar surface area (TPSA) is 49.5 Å². The van der Waals surface area contributed by atoms with Gasteiger partial charge in [0.2, 0.25) is 0 Å². The van der Waals surface area contributed by atoms with E-state index in [0.29, 0.717) is 11.8 Å². The SMILES string of the molecule is CN1CCCCC1Cc1ncc(CO)o1. The molecule has 84 valence electrons. The van der Waals surface area contributed by atoms with Crippen LogP contribution >= 0.6 is 0 Å². The minimum atomic E-state index is -0.0620. The Bertz CT molecular complexity index is 311. The lowest BCUT2D eigenvalue weighted by Gasteiger charge is -2.31. The highest BCUT2D eigenvalue weighted by molar-refractivity contribution is 4.95. The Morgan fingerprint density at radius 2 is 2.47 bits per heavy atom. The van der Waals surface area contributed by atoms with Crippen LogP contribution in [-0.2, 0) is 13.0 Å². The predicted molar refractivity (Wildman–Crippen MR) is 56.4 cm³/mol. The van der Waals surface area contributed by atoms with Gasteiger partial charge in [-0.2, -0.15) is 0 Å². The lowest BCUT2D eigenvalue weighted by molar-refractivity contribution is 0.173. The summed E-state index contributed by atoms with van der Waals surface area (Å²) in [6.45, 7) is 1.10. The molecule has 0 aromatic carbocycles. The highest BCUT2D eigenvalue weighted by atomic mass is 16.4. The maximum atomic E-state index is 8.86. The highest BCUT2D eigenvalue weighted by Gasteiger charge is 2.20. The van der Waals surface area contributed by atoms with Crippen LogP contribution in [-0.4, -0.2) is 34.6 Å². The summed E-state index contributed by atoms with van der Waals surface area (Å²) in [7, 11) is 2.15. The first-order valence-corrected chi connectivity index (χ1v) is 5.54. The van der Waals surface area contributed by atoms with Crippen LogP contribution in [0.3, 0.4) is 0 Å². The van der Waals surface area contributed by atoms with E-state index in [1.807, 2.05) is 0 Å². The van der Waals surface area contributed by atoms with Crippen molar-refractivity contribution in [3.8, 4) is 0 Å². The molecule has 1 N–H and O–H groups in total. The standard InChI is InChI=1S/C11H18N2O2/c1-13-5-3-2-4-9(13)6-11-12-7-10(8-14)15-11/h7,9,14H,2-6,8H2,1H3. The first-order chi connectivity index (χ1) is 7.29. The fourth-order valence-corrected chi connectivity index (χ4v) is 2.12. The quantitative estimate of drug-likeness (QED) is 0.814. The van der Waals surface area contributed by atoms with Gasteiger partial charge in [-0.3, -0.25) is 0 Å². The second-order valence-electron chi connectivity index (χ2n) is 4.21. The fourth-order valence-electron chi connectivity index (χ4n) is 2.12. The normalized spacial score (nSPS) is 23.2. The van der Waals surface area contributed by atoms with Crippen molar-refractivity contribution in [1.82, 2.24) is 9.88 Å². The summed E-state index contributed by atoms with van der Waals surface area (Å²) >= 11 is 0. The van der Waals surface area contributed by atoms with Gasteiger partial charge < -0.3 is 14.4 Å². The average Bonchev–Trinajstić information content (AvgIpc) is 2.69. The molecule has 2 rings (SSSR count). The molecule has 0 saturated carbocycles. The fraction of sp³-hybridized carbons (Fsp3) is 0.727. The largest absolute Gasteiger partial charge is 0.443 e. The number of aromatic nitrogens is 1. The molecule has 4 heteroatoms. The monoisotopic (exact) mass is 210 g/mol. The number of piperidine rings is 1. The second-order valence-corrected chi connectivity index (χ2v) is 4.21. The van der Waals surface area contributed by atoms with Gasteiger partial charge in [-0.1, -0.05) is 6.42 Å². The summed E-state index contributed by atoms with van der Waals surface area (Å²) in [5.41, 5.74) is 0. The summed E-state index contributed by atoms with van der Waals surface area (Å²) in [4.78, 5) is 6.53. The molecule has 4 nitrogen and oxygen atoms in total. The molecule has 0 bridgehead atoms. The lowest BCUT2D eigenvalue weighted by Crippen LogP contribution is -2.37. The zero-order valence-corrected chi connectivity index (χ0v) is 9.15. The van der Waals surface area contributed by atoms with Gasteiger partial charge in [0.15, 0.2) is 5.89 Å². The van der Waals surface area contributed by atoms with Crippen LogP contribution in [0.25, 0.3) is 0 Å². The van der Waals surface area contributed by atoms with E-state index < -0.39 is 0 Å². The molecule has 2 heterocycles. The van der Waals surface area contributed by atoms with E-state index in [0.717, 1.165) is 18.9 Å². The third-order valence-electron chi connectivity index (χ3n) is 3.09. The molecular formula is C11H18N2O2. The number of hydrogen-bond donors (Lipinski definition) is 1. The van der Waals surface area contributed by atoms with E-state index in [1.165, 1.54) is 19.3 Å². The molecule has 0 radical (unpaired) electrons. The Labute approximate surface area is 89.9 Å². The molecule has 1 aromatic rings. The molecule has 1 saturated heterocycles. The van der Waals surface area contributed by atoms with Gasteiger partial charge in [-0.15, -0.1) is 0 Å². The predicted octanol–water partition coefficient (Wildman–Crippen LogP) is 1.19. The number of hydrogen-bond acceptors (Lipinski definition) is 4. The first-order valence-electron chi connectivity index (χ1n) is 5.54. The van der Waals surface area contributed by atoms with Gasteiger partial charge in [-0.25, -0.2) is 4.98 Å². The molecule has 1 aliphatic rings. The van der Waals surface area contributed by atoms with Crippen LogP contribution in [0.1, 0.15) is 30.9 Å². The third-order valence-corrected chi connectivity index (χ3v) is 3.09. The summed E-state index contributed by atoms with van der Waals surface area (Å²) in [5.74, 6) is 1.31. The molecular weight excluding hydrogens is 192 g/mol. The van der Waals surface area contributed by atoms with Crippen LogP contribution in [0.2, 0.25) is 0 Å². The van der Waals surface area contributed by atoms with Crippen molar-refractivity contribution in [1.29, 1.82) is 0 Å². The average molecular weight is 210 g/mol. The van der Waals surface area contributed by atoms with Gasteiger partial charge >= 0.3 is 0 Å². The van der Waals surface area contributed by atoms with Crippen LogP contribution in [0.5, 0.6) is 0 Å². The van der Waals surface area contributed by atoms with Gasteiger partial charge in [0.25, 0.3) is 0 Å². The van der Waals surface area contributed by atoms with Crippen LogP contribution in [0, 0.1) is 0 Å². The Morgan fingerprint density at radius 3 is 3.13 bits per heavy atom. The summed E-state index contributed by atoms with van der Waals surface area (Å²) < 4.78 is 5.40. The number of aliphatic hydroxyl groups excluding tert-OH is 1. The van der Waals surface area contributed by atoms with E-state index in [1.54, 1.807) is 6.20 Å². The number of likely N-dealkylation sites (tertiary alicyclic amines) is 1. The van der Waals surface area contributed by atoms with Crippen LogP contribution in [0.15, 0.2) is 10.6 Å². The zero-order valence-electron chi connectivity index (χ0n) is 9.15. The number of likely N-dealkylation sites (N-methyl/N-ethyl adjacent to an activating group) is 1.